The number of carbonyl (C=O) groups is 1. The molecule has 1 aliphatic rings. The zero-order valence-corrected chi connectivity index (χ0v) is 13.8. The average molecular weight is 336 g/mol. The third kappa shape index (κ3) is 3.33. The minimum atomic E-state index is -0.0883. The van der Waals surface area contributed by atoms with Gasteiger partial charge in [0.2, 0.25) is 0 Å². The van der Waals surface area contributed by atoms with Crippen LogP contribution in [0.5, 0.6) is 0 Å². The van der Waals surface area contributed by atoms with Crippen molar-refractivity contribution in [1.82, 2.24) is 10.1 Å². The lowest BCUT2D eigenvalue weighted by Crippen LogP contribution is -2.23. The third-order valence-corrected chi connectivity index (χ3v) is 3.97. The molecule has 1 N–H and O–H groups in total. The molecule has 3 rings (SSSR count). The maximum Gasteiger partial charge on any atom is 0.255 e. The molecule has 1 amide bonds. The minimum absolute atomic E-state index is 0.0883. The summed E-state index contributed by atoms with van der Waals surface area (Å²) in [6.45, 7) is 1.61. The van der Waals surface area contributed by atoms with Crippen molar-refractivity contribution in [2.75, 3.05) is 26.0 Å². The first-order valence-corrected chi connectivity index (χ1v) is 7.73. The maximum atomic E-state index is 12.3. The smallest absolute Gasteiger partial charge is 0.255 e. The molecule has 0 atom stereocenters. The predicted octanol–water partition coefficient (Wildman–Crippen LogP) is 2.71. The number of fused-ring (bicyclic) bond motifs is 1. The second-order valence-corrected chi connectivity index (χ2v) is 6.01. The Morgan fingerprint density at radius 2 is 2.26 bits per heavy atom. The van der Waals surface area contributed by atoms with Crippen LogP contribution in [0.1, 0.15) is 27.4 Å². The molecule has 2 aromatic rings. The number of rotatable bonds is 4. The van der Waals surface area contributed by atoms with E-state index in [-0.39, 0.29) is 5.91 Å². The van der Waals surface area contributed by atoms with Gasteiger partial charge in [0.25, 0.3) is 5.91 Å². The van der Waals surface area contributed by atoms with Crippen molar-refractivity contribution in [3.8, 4) is 0 Å². The van der Waals surface area contributed by atoms with Gasteiger partial charge >= 0.3 is 0 Å². The summed E-state index contributed by atoms with van der Waals surface area (Å²) in [5.41, 5.74) is 3.02. The fourth-order valence-electron chi connectivity index (χ4n) is 2.49. The van der Waals surface area contributed by atoms with Crippen LogP contribution in [-0.2, 0) is 24.3 Å². The lowest BCUT2D eigenvalue weighted by Gasteiger charge is -2.16. The van der Waals surface area contributed by atoms with Crippen LogP contribution in [0, 0.1) is 0 Å². The number of carbonyl (C=O) groups excluding carboxylic acids is 1. The lowest BCUT2D eigenvalue weighted by atomic mass is 10.1. The van der Waals surface area contributed by atoms with Gasteiger partial charge in [-0.25, -0.2) is 0 Å². The summed E-state index contributed by atoms with van der Waals surface area (Å²) >= 11 is 6.06. The number of anilines is 1. The Morgan fingerprint density at radius 1 is 1.43 bits per heavy atom. The maximum absolute atomic E-state index is 12.3. The highest BCUT2D eigenvalue weighted by Gasteiger charge is 2.20. The van der Waals surface area contributed by atoms with Crippen LogP contribution in [0.25, 0.3) is 0 Å². The molecule has 1 aliphatic heterocycles. The Bertz CT molecular complexity index is 727. The van der Waals surface area contributed by atoms with Crippen LogP contribution in [0.15, 0.2) is 22.7 Å². The van der Waals surface area contributed by atoms with E-state index < -0.39 is 0 Å². The van der Waals surface area contributed by atoms with E-state index in [1.807, 2.05) is 0 Å². The van der Waals surface area contributed by atoms with E-state index in [1.54, 1.807) is 32.3 Å². The Morgan fingerprint density at radius 3 is 3.04 bits per heavy atom. The standard InChI is InChI=1S/C16H18ClN3O3/c1-20(2)16(21)11-4-3-10(17)7-13(11)18-8-14-12-9-22-6-5-15(12)23-19-14/h3-4,7,18H,5-6,8-9H2,1-2H3. The summed E-state index contributed by atoms with van der Waals surface area (Å²) in [4.78, 5) is 13.8. The first-order chi connectivity index (χ1) is 11.1. The summed E-state index contributed by atoms with van der Waals surface area (Å²) < 4.78 is 10.8. The summed E-state index contributed by atoms with van der Waals surface area (Å²) in [5, 5.41) is 7.89. The molecule has 0 radical (unpaired) electrons. The number of benzene rings is 1. The van der Waals surface area contributed by atoms with Gasteiger partial charge in [-0.05, 0) is 18.2 Å². The molecule has 0 fully saturated rings. The number of hydrogen-bond acceptors (Lipinski definition) is 5. The van der Waals surface area contributed by atoms with E-state index >= 15 is 0 Å². The molecule has 0 saturated heterocycles. The van der Waals surface area contributed by atoms with Gasteiger partial charge < -0.3 is 19.5 Å². The molecule has 0 spiro atoms. The quantitative estimate of drug-likeness (QED) is 0.930. The molecule has 0 saturated carbocycles. The van der Waals surface area contributed by atoms with E-state index in [1.165, 1.54) is 4.90 Å². The number of nitrogens with one attached hydrogen (secondary N) is 1. The Labute approximate surface area is 139 Å². The number of nitrogens with zero attached hydrogens (tertiary/aromatic N) is 2. The number of hydrogen-bond donors (Lipinski definition) is 1. The van der Waals surface area contributed by atoms with E-state index in [0.717, 1.165) is 23.4 Å². The molecule has 1 aromatic carbocycles. The van der Waals surface area contributed by atoms with Gasteiger partial charge in [0, 0.05) is 36.8 Å². The number of aromatic nitrogens is 1. The van der Waals surface area contributed by atoms with Crippen molar-refractivity contribution in [2.45, 2.75) is 19.6 Å². The van der Waals surface area contributed by atoms with E-state index in [9.17, 15) is 4.79 Å². The first-order valence-electron chi connectivity index (χ1n) is 7.35. The monoisotopic (exact) mass is 335 g/mol. The van der Waals surface area contributed by atoms with E-state index in [4.69, 9.17) is 20.9 Å². The molecule has 0 unspecified atom stereocenters. The van der Waals surface area contributed by atoms with Crippen LogP contribution in [-0.4, -0.2) is 36.7 Å². The molecular weight excluding hydrogens is 318 g/mol. The molecule has 6 nitrogen and oxygen atoms in total. The number of ether oxygens (including phenoxy) is 1. The van der Waals surface area contributed by atoms with Gasteiger partial charge in [0.1, 0.15) is 11.5 Å². The molecule has 23 heavy (non-hydrogen) atoms. The highest BCUT2D eigenvalue weighted by molar-refractivity contribution is 6.31. The van der Waals surface area contributed by atoms with Gasteiger partial charge in [-0.3, -0.25) is 4.79 Å². The van der Waals surface area contributed by atoms with Crippen molar-refractivity contribution < 1.29 is 14.1 Å². The molecular formula is C16H18ClN3O3. The van der Waals surface area contributed by atoms with Crippen molar-refractivity contribution >= 4 is 23.2 Å². The van der Waals surface area contributed by atoms with Crippen LogP contribution in [0.4, 0.5) is 5.69 Å². The van der Waals surface area contributed by atoms with E-state index in [0.29, 0.717) is 36.0 Å². The largest absolute Gasteiger partial charge is 0.379 e. The Hall–Kier alpha value is -2.05. The Balaban J connectivity index is 1.81. The van der Waals surface area contributed by atoms with Gasteiger partial charge in [-0.2, -0.15) is 0 Å². The van der Waals surface area contributed by atoms with Crippen LogP contribution in [0.2, 0.25) is 5.02 Å². The molecule has 122 valence electrons. The molecule has 0 bridgehead atoms. The van der Waals surface area contributed by atoms with E-state index in [2.05, 4.69) is 10.5 Å². The normalized spacial score (nSPS) is 13.5. The summed E-state index contributed by atoms with van der Waals surface area (Å²) in [5.74, 6) is 0.790. The second-order valence-electron chi connectivity index (χ2n) is 5.58. The Kier molecular flexibility index (Phi) is 4.54. The third-order valence-electron chi connectivity index (χ3n) is 3.74. The van der Waals surface area contributed by atoms with Gasteiger partial charge in [0.05, 0.1) is 25.3 Å². The van der Waals surface area contributed by atoms with Gasteiger partial charge in [0.15, 0.2) is 0 Å². The van der Waals surface area contributed by atoms with Crippen molar-refractivity contribution in [3.63, 3.8) is 0 Å². The zero-order valence-electron chi connectivity index (χ0n) is 13.1. The molecule has 1 aromatic heterocycles. The highest BCUT2D eigenvalue weighted by atomic mass is 35.5. The van der Waals surface area contributed by atoms with Crippen molar-refractivity contribution in [2.24, 2.45) is 0 Å². The van der Waals surface area contributed by atoms with Crippen LogP contribution < -0.4 is 5.32 Å². The van der Waals surface area contributed by atoms with Crippen LogP contribution >= 0.6 is 11.6 Å². The van der Waals surface area contributed by atoms with Gasteiger partial charge in [-0.15, -0.1) is 0 Å². The van der Waals surface area contributed by atoms with Crippen LogP contribution in [0.3, 0.4) is 0 Å². The number of halogens is 1. The predicted molar refractivity (Wildman–Crippen MR) is 86.7 cm³/mol. The highest BCUT2D eigenvalue weighted by Crippen LogP contribution is 2.25. The fraction of sp³-hybridized carbons (Fsp3) is 0.375. The van der Waals surface area contributed by atoms with Crippen molar-refractivity contribution in [1.29, 1.82) is 0 Å². The summed E-state index contributed by atoms with van der Waals surface area (Å²) in [7, 11) is 3.43. The lowest BCUT2D eigenvalue weighted by molar-refractivity contribution is 0.0828. The topological polar surface area (TPSA) is 67.6 Å². The zero-order chi connectivity index (χ0) is 16.4. The van der Waals surface area contributed by atoms with Crippen molar-refractivity contribution in [3.05, 3.63) is 45.8 Å². The molecule has 7 heteroatoms. The summed E-state index contributed by atoms with van der Waals surface area (Å²) in [6, 6.07) is 5.16. The first kappa shape index (κ1) is 15.8. The fourth-order valence-corrected chi connectivity index (χ4v) is 2.66. The summed E-state index contributed by atoms with van der Waals surface area (Å²) in [6.07, 6.45) is 0.740. The second kappa shape index (κ2) is 6.60. The average Bonchev–Trinajstić information content (AvgIpc) is 2.95. The molecule has 2 heterocycles. The minimum Gasteiger partial charge on any atom is -0.379 e. The SMILES string of the molecule is CN(C)C(=O)c1ccc(Cl)cc1NCc1noc2c1COCC2. The van der Waals surface area contributed by atoms with Gasteiger partial charge in [-0.1, -0.05) is 16.8 Å². The molecule has 0 aliphatic carbocycles. The number of amides is 1.